The van der Waals surface area contributed by atoms with E-state index in [0.29, 0.717) is 22.5 Å². The van der Waals surface area contributed by atoms with Gasteiger partial charge in [0.25, 0.3) is 10.0 Å². The smallest absolute Gasteiger partial charge is 0.338 e. The van der Waals surface area contributed by atoms with E-state index in [2.05, 4.69) is 19.2 Å². The summed E-state index contributed by atoms with van der Waals surface area (Å²) < 4.78 is 33.4. The molecule has 0 aliphatic rings. The molecular formula is C28H32N2O5S. The lowest BCUT2D eigenvalue weighted by atomic mass is 10.0. The van der Waals surface area contributed by atoms with Gasteiger partial charge in [-0.25, -0.2) is 13.2 Å². The maximum absolute atomic E-state index is 13.6. The van der Waals surface area contributed by atoms with Crippen molar-refractivity contribution in [3.8, 4) is 0 Å². The van der Waals surface area contributed by atoms with Crippen LogP contribution in [0.1, 0.15) is 53.7 Å². The minimum atomic E-state index is -4.03. The average molecular weight is 509 g/mol. The maximum Gasteiger partial charge on any atom is 0.338 e. The zero-order valence-corrected chi connectivity index (χ0v) is 22.1. The average Bonchev–Trinajstić information content (AvgIpc) is 2.84. The Labute approximate surface area is 213 Å². The highest BCUT2D eigenvalue weighted by molar-refractivity contribution is 7.92. The molecule has 0 saturated carbocycles. The summed E-state index contributed by atoms with van der Waals surface area (Å²) in [6.07, 6.45) is 0. The molecule has 0 spiro atoms. The number of nitrogens with one attached hydrogen (secondary N) is 1. The van der Waals surface area contributed by atoms with Crippen LogP contribution in [0.5, 0.6) is 0 Å². The molecule has 0 radical (unpaired) electrons. The number of carbonyl (C=O) groups is 2. The molecule has 7 nitrogen and oxygen atoms in total. The second-order valence-corrected chi connectivity index (χ2v) is 10.7. The van der Waals surface area contributed by atoms with Crippen molar-refractivity contribution in [2.75, 3.05) is 22.8 Å². The lowest BCUT2D eigenvalue weighted by molar-refractivity contribution is -0.114. The van der Waals surface area contributed by atoms with Gasteiger partial charge in [-0.2, -0.15) is 0 Å². The highest BCUT2D eigenvalue weighted by Crippen LogP contribution is 2.27. The van der Waals surface area contributed by atoms with Crippen LogP contribution in [0.4, 0.5) is 11.4 Å². The van der Waals surface area contributed by atoms with Gasteiger partial charge in [-0.15, -0.1) is 0 Å². The van der Waals surface area contributed by atoms with E-state index < -0.39 is 28.4 Å². The minimum absolute atomic E-state index is 0.0920. The molecule has 0 heterocycles. The molecule has 36 heavy (non-hydrogen) atoms. The van der Waals surface area contributed by atoms with E-state index in [-0.39, 0.29) is 17.4 Å². The van der Waals surface area contributed by atoms with E-state index in [0.717, 1.165) is 15.4 Å². The Kier molecular flexibility index (Phi) is 8.53. The van der Waals surface area contributed by atoms with Crippen LogP contribution >= 0.6 is 0 Å². The van der Waals surface area contributed by atoms with Crippen LogP contribution in [0.15, 0.2) is 71.6 Å². The molecule has 3 aromatic rings. The molecule has 3 aromatic carbocycles. The number of esters is 1. The van der Waals surface area contributed by atoms with Crippen LogP contribution in [0.3, 0.4) is 0 Å². The van der Waals surface area contributed by atoms with Crippen molar-refractivity contribution in [2.24, 2.45) is 0 Å². The molecule has 1 amide bonds. The molecule has 190 valence electrons. The Balaban J connectivity index is 1.94. The molecule has 1 N–H and O–H groups in total. The van der Waals surface area contributed by atoms with Crippen molar-refractivity contribution < 1.29 is 22.7 Å². The van der Waals surface area contributed by atoms with Gasteiger partial charge < -0.3 is 10.1 Å². The summed E-state index contributed by atoms with van der Waals surface area (Å²) in [4.78, 5) is 25.5. The molecule has 0 saturated heterocycles. The third-order valence-electron chi connectivity index (χ3n) is 5.85. The van der Waals surface area contributed by atoms with E-state index in [9.17, 15) is 18.0 Å². The van der Waals surface area contributed by atoms with Crippen LogP contribution in [0, 0.1) is 13.8 Å². The van der Waals surface area contributed by atoms with Crippen LogP contribution in [-0.4, -0.2) is 33.4 Å². The van der Waals surface area contributed by atoms with Crippen LogP contribution in [0.2, 0.25) is 0 Å². The molecule has 0 aliphatic heterocycles. The van der Waals surface area contributed by atoms with Gasteiger partial charge in [0.2, 0.25) is 5.91 Å². The van der Waals surface area contributed by atoms with Crippen molar-refractivity contribution in [2.45, 2.75) is 45.4 Å². The van der Waals surface area contributed by atoms with Gasteiger partial charge in [0.05, 0.1) is 22.8 Å². The van der Waals surface area contributed by atoms with E-state index in [4.69, 9.17) is 4.74 Å². The highest BCUT2D eigenvalue weighted by Gasteiger charge is 2.27. The number of rotatable bonds is 9. The first-order valence-corrected chi connectivity index (χ1v) is 13.2. The van der Waals surface area contributed by atoms with E-state index in [1.165, 1.54) is 12.1 Å². The van der Waals surface area contributed by atoms with E-state index in [1.54, 1.807) is 56.3 Å². The number of amides is 1. The zero-order valence-electron chi connectivity index (χ0n) is 21.2. The topological polar surface area (TPSA) is 92.8 Å². The Hall–Kier alpha value is -3.65. The minimum Gasteiger partial charge on any atom is -0.462 e. The second-order valence-electron chi connectivity index (χ2n) is 8.82. The van der Waals surface area contributed by atoms with Gasteiger partial charge in [-0.3, -0.25) is 9.10 Å². The van der Waals surface area contributed by atoms with Gasteiger partial charge in [-0.05, 0) is 74.2 Å². The predicted octanol–water partition coefficient (Wildman–Crippen LogP) is 5.44. The number of ether oxygens (including phenoxy) is 1. The molecule has 0 aliphatic carbocycles. The molecular weight excluding hydrogens is 476 g/mol. The number of nitrogens with zero attached hydrogens (tertiary/aromatic N) is 1. The normalized spacial score (nSPS) is 11.3. The number of anilines is 2. The highest BCUT2D eigenvalue weighted by atomic mass is 32.2. The lowest BCUT2D eigenvalue weighted by Gasteiger charge is -2.25. The van der Waals surface area contributed by atoms with Gasteiger partial charge >= 0.3 is 5.97 Å². The number of carbonyl (C=O) groups excluding carboxylic acids is 2. The Morgan fingerprint density at radius 3 is 2.17 bits per heavy atom. The second kappa shape index (κ2) is 11.4. The van der Waals surface area contributed by atoms with Crippen LogP contribution in [-0.2, 0) is 19.6 Å². The number of benzene rings is 3. The fraction of sp³-hybridized carbons (Fsp3) is 0.286. The summed E-state index contributed by atoms with van der Waals surface area (Å²) in [5, 5.41) is 2.76. The van der Waals surface area contributed by atoms with Crippen molar-refractivity contribution >= 4 is 33.3 Å². The first-order valence-electron chi connectivity index (χ1n) is 11.8. The number of hydrogen-bond donors (Lipinski definition) is 1. The number of sulfonamides is 1. The monoisotopic (exact) mass is 508 g/mol. The van der Waals surface area contributed by atoms with Crippen molar-refractivity contribution in [1.29, 1.82) is 0 Å². The summed E-state index contributed by atoms with van der Waals surface area (Å²) in [7, 11) is -4.03. The van der Waals surface area contributed by atoms with Gasteiger partial charge in [0.15, 0.2) is 0 Å². The maximum atomic E-state index is 13.6. The molecule has 0 fully saturated rings. The summed E-state index contributed by atoms with van der Waals surface area (Å²) in [6.45, 7) is 9.19. The third kappa shape index (κ3) is 6.12. The number of aryl methyl sites for hydroxylation is 1. The standard InChI is InChI=1S/C28H32N2O5S/c1-6-35-28(32)25-8-7-9-26(21(25)5)29-27(31)18-30(23-14-12-22(13-15-23)19(2)3)36(33,34)24-16-10-20(4)11-17-24/h7-17,19H,6,18H2,1-5H3,(H,29,31). The quantitative estimate of drug-likeness (QED) is 0.389. The van der Waals surface area contributed by atoms with Crippen molar-refractivity contribution in [1.82, 2.24) is 0 Å². The summed E-state index contributed by atoms with van der Waals surface area (Å²) >= 11 is 0. The molecule has 8 heteroatoms. The fourth-order valence-electron chi connectivity index (χ4n) is 3.70. The van der Waals surface area contributed by atoms with E-state index in [1.807, 2.05) is 19.1 Å². The summed E-state index contributed by atoms with van der Waals surface area (Å²) in [5.41, 5.74) is 3.65. The summed E-state index contributed by atoms with van der Waals surface area (Å²) in [6, 6.07) is 18.6. The predicted molar refractivity (Wildman–Crippen MR) is 142 cm³/mol. The molecule has 0 atom stereocenters. The first kappa shape index (κ1) is 26.9. The van der Waals surface area contributed by atoms with Crippen LogP contribution in [0.25, 0.3) is 0 Å². The van der Waals surface area contributed by atoms with Crippen molar-refractivity contribution in [3.63, 3.8) is 0 Å². The summed E-state index contributed by atoms with van der Waals surface area (Å²) in [5.74, 6) is -0.748. The van der Waals surface area contributed by atoms with Gasteiger partial charge in [-0.1, -0.05) is 49.7 Å². The SMILES string of the molecule is CCOC(=O)c1cccc(NC(=O)CN(c2ccc(C(C)C)cc2)S(=O)(=O)c2ccc(C)cc2)c1C. The Morgan fingerprint density at radius 1 is 0.944 bits per heavy atom. The zero-order chi connectivity index (χ0) is 26.5. The van der Waals surface area contributed by atoms with Crippen LogP contribution < -0.4 is 9.62 Å². The largest absolute Gasteiger partial charge is 0.462 e. The van der Waals surface area contributed by atoms with E-state index >= 15 is 0 Å². The van der Waals surface area contributed by atoms with Gasteiger partial charge in [0.1, 0.15) is 6.54 Å². The number of hydrogen-bond acceptors (Lipinski definition) is 5. The van der Waals surface area contributed by atoms with Crippen molar-refractivity contribution in [3.05, 3.63) is 89.0 Å². The molecule has 3 rings (SSSR count). The fourth-order valence-corrected chi connectivity index (χ4v) is 5.12. The Morgan fingerprint density at radius 2 is 1.58 bits per heavy atom. The Bertz CT molecular complexity index is 1330. The molecule has 0 bridgehead atoms. The first-order chi connectivity index (χ1) is 17.0. The van der Waals surface area contributed by atoms with Gasteiger partial charge in [0, 0.05) is 5.69 Å². The molecule has 0 aromatic heterocycles. The third-order valence-corrected chi connectivity index (χ3v) is 7.64. The lowest BCUT2D eigenvalue weighted by Crippen LogP contribution is -2.38. The molecule has 0 unspecified atom stereocenters.